The van der Waals surface area contributed by atoms with Crippen LogP contribution in [-0.4, -0.2) is 26.8 Å². The topological polar surface area (TPSA) is 21.3 Å². The molecule has 0 saturated heterocycles. The Hall–Kier alpha value is -0.640. The molecule has 0 unspecified atom stereocenters. The molecule has 0 spiro atoms. The third kappa shape index (κ3) is 4.56. The first kappa shape index (κ1) is 11.4. The molecule has 2 nitrogen and oxygen atoms in total. The minimum Gasteiger partial charge on any atom is -0.383 e. The summed E-state index contributed by atoms with van der Waals surface area (Å²) in [6.07, 6.45) is 2.21. The van der Waals surface area contributed by atoms with Crippen molar-refractivity contribution >= 4 is 17.4 Å². The van der Waals surface area contributed by atoms with Crippen LogP contribution >= 0.6 is 11.3 Å². The Bertz CT molecular complexity index is 267. The van der Waals surface area contributed by atoms with E-state index in [1.807, 2.05) is 0 Å². The van der Waals surface area contributed by atoms with Crippen LogP contribution in [0, 0.1) is 0 Å². The van der Waals surface area contributed by atoms with Gasteiger partial charge >= 0.3 is 0 Å². The van der Waals surface area contributed by atoms with Crippen molar-refractivity contribution in [3.8, 4) is 0 Å². The summed E-state index contributed by atoms with van der Waals surface area (Å²) in [6.45, 7) is 4.75. The summed E-state index contributed by atoms with van der Waals surface area (Å²) in [7, 11) is 1.72. The normalized spacial score (nSPS) is 12.0. The lowest BCUT2D eigenvalue weighted by Crippen LogP contribution is -2.20. The summed E-state index contributed by atoms with van der Waals surface area (Å²) < 4.78 is 4.95. The van der Waals surface area contributed by atoms with E-state index in [1.165, 1.54) is 10.5 Å². The fourth-order valence-electron chi connectivity index (χ4n) is 1.13. The Morgan fingerprint density at radius 1 is 1.64 bits per heavy atom. The lowest BCUT2D eigenvalue weighted by molar-refractivity contribution is 0.200. The summed E-state index contributed by atoms with van der Waals surface area (Å²) in [6, 6.07) is 4.20. The van der Waals surface area contributed by atoms with Gasteiger partial charge in [-0.1, -0.05) is 11.6 Å². The molecule has 1 rings (SSSR count). The summed E-state index contributed by atoms with van der Waals surface area (Å²) in [5, 5.41) is 5.40. The number of rotatable bonds is 6. The van der Waals surface area contributed by atoms with Gasteiger partial charge < -0.3 is 10.1 Å². The van der Waals surface area contributed by atoms with Crippen LogP contribution in [0.15, 0.2) is 23.1 Å². The molecule has 1 aromatic rings. The first-order chi connectivity index (χ1) is 6.83. The predicted octanol–water partition coefficient (Wildman–Crippen LogP) is 2.39. The maximum atomic E-state index is 4.95. The Morgan fingerprint density at radius 3 is 3.14 bits per heavy atom. The second-order valence-corrected chi connectivity index (χ2v) is 4.15. The van der Waals surface area contributed by atoms with E-state index in [-0.39, 0.29) is 0 Å². The Balaban J connectivity index is 2.24. The van der Waals surface area contributed by atoms with Crippen LogP contribution in [0.3, 0.4) is 0 Å². The molecule has 0 aromatic carbocycles. The highest BCUT2D eigenvalue weighted by atomic mass is 32.1. The second-order valence-electron chi connectivity index (χ2n) is 3.18. The SMILES string of the molecule is COCCNCC(C)=Cc1cccs1. The van der Waals surface area contributed by atoms with Gasteiger partial charge in [-0.25, -0.2) is 0 Å². The lowest BCUT2D eigenvalue weighted by atomic mass is 10.2. The Labute approximate surface area is 89.6 Å². The lowest BCUT2D eigenvalue weighted by Gasteiger charge is -2.03. The molecule has 14 heavy (non-hydrogen) atoms. The van der Waals surface area contributed by atoms with Gasteiger partial charge in [0.05, 0.1) is 6.61 Å². The van der Waals surface area contributed by atoms with Crippen molar-refractivity contribution in [2.45, 2.75) is 6.92 Å². The van der Waals surface area contributed by atoms with Gasteiger partial charge in [-0.3, -0.25) is 0 Å². The van der Waals surface area contributed by atoms with Crippen molar-refractivity contribution in [2.75, 3.05) is 26.8 Å². The maximum Gasteiger partial charge on any atom is 0.0587 e. The zero-order chi connectivity index (χ0) is 10.2. The average molecular weight is 211 g/mol. The van der Waals surface area contributed by atoms with Gasteiger partial charge in [-0.2, -0.15) is 0 Å². The van der Waals surface area contributed by atoms with Crippen molar-refractivity contribution in [3.05, 3.63) is 28.0 Å². The van der Waals surface area contributed by atoms with Crippen LogP contribution in [0.5, 0.6) is 0 Å². The summed E-state index contributed by atoms with van der Waals surface area (Å²) in [4.78, 5) is 1.32. The number of hydrogen-bond donors (Lipinski definition) is 1. The van der Waals surface area contributed by atoms with E-state index < -0.39 is 0 Å². The van der Waals surface area contributed by atoms with Crippen molar-refractivity contribution < 1.29 is 4.74 Å². The molecule has 78 valence electrons. The largest absolute Gasteiger partial charge is 0.383 e. The molecular weight excluding hydrogens is 194 g/mol. The number of nitrogens with one attached hydrogen (secondary N) is 1. The highest BCUT2D eigenvalue weighted by Crippen LogP contribution is 2.12. The number of methoxy groups -OCH3 is 1. The zero-order valence-electron chi connectivity index (χ0n) is 8.75. The van der Waals surface area contributed by atoms with Gasteiger partial charge in [-0.05, 0) is 24.4 Å². The van der Waals surface area contributed by atoms with Crippen LogP contribution in [0.1, 0.15) is 11.8 Å². The van der Waals surface area contributed by atoms with E-state index in [0.717, 1.165) is 19.7 Å². The van der Waals surface area contributed by atoms with E-state index >= 15 is 0 Å². The quantitative estimate of drug-likeness (QED) is 0.729. The fraction of sp³-hybridized carbons (Fsp3) is 0.455. The average Bonchev–Trinajstić information content (AvgIpc) is 2.65. The second kappa shape index (κ2) is 6.76. The van der Waals surface area contributed by atoms with Crippen LogP contribution in [0.2, 0.25) is 0 Å². The van der Waals surface area contributed by atoms with Gasteiger partial charge in [0.2, 0.25) is 0 Å². The molecule has 1 heterocycles. The van der Waals surface area contributed by atoms with Crippen LogP contribution in [-0.2, 0) is 4.74 Å². The molecular formula is C11H17NOS. The van der Waals surface area contributed by atoms with E-state index in [2.05, 4.69) is 35.8 Å². The molecule has 1 N–H and O–H groups in total. The van der Waals surface area contributed by atoms with Crippen LogP contribution in [0.4, 0.5) is 0 Å². The number of ether oxygens (including phenoxy) is 1. The standard InChI is InChI=1S/C11H17NOS/c1-10(9-12-5-6-13-2)8-11-4-3-7-14-11/h3-4,7-8,12H,5-6,9H2,1-2H3. The Kier molecular flexibility index (Phi) is 5.52. The van der Waals surface area contributed by atoms with Crippen LogP contribution in [0.25, 0.3) is 6.08 Å². The van der Waals surface area contributed by atoms with Crippen LogP contribution < -0.4 is 5.32 Å². The van der Waals surface area contributed by atoms with Crippen molar-refractivity contribution in [3.63, 3.8) is 0 Å². The summed E-state index contributed by atoms with van der Waals surface area (Å²) >= 11 is 1.77. The molecule has 0 amide bonds. The molecule has 0 saturated carbocycles. The van der Waals surface area contributed by atoms with Crippen molar-refractivity contribution in [1.82, 2.24) is 5.32 Å². The number of hydrogen-bond acceptors (Lipinski definition) is 3. The smallest absolute Gasteiger partial charge is 0.0587 e. The molecule has 0 aliphatic carbocycles. The molecule has 0 fully saturated rings. The maximum absolute atomic E-state index is 4.95. The monoisotopic (exact) mass is 211 g/mol. The molecule has 0 atom stereocenters. The van der Waals surface area contributed by atoms with E-state index in [1.54, 1.807) is 18.4 Å². The fourth-order valence-corrected chi connectivity index (χ4v) is 1.87. The van der Waals surface area contributed by atoms with Gasteiger partial charge in [0, 0.05) is 25.1 Å². The first-order valence-corrected chi connectivity index (χ1v) is 5.61. The van der Waals surface area contributed by atoms with Gasteiger partial charge in [-0.15, -0.1) is 11.3 Å². The zero-order valence-corrected chi connectivity index (χ0v) is 9.56. The van der Waals surface area contributed by atoms with Gasteiger partial charge in [0.15, 0.2) is 0 Å². The Morgan fingerprint density at radius 2 is 2.50 bits per heavy atom. The number of thiophene rings is 1. The minimum atomic E-state index is 0.770. The van der Waals surface area contributed by atoms with E-state index in [0.29, 0.717) is 0 Å². The van der Waals surface area contributed by atoms with E-state index in [9.17, 15) is 0 Å². The molecule has 0 radical (unpaired) electrons. The van der Waals surface area contributed by atoms with Crippen molar-refractivity contribution in [2.24, 2.45) is 0 Å². The molecule has 0 bridgehead atoms. The van der Waals surface area contributed by atoms with E-state index in [4.69, 9.17) is 4.74 Å². The van der Waals surface area contributed by atoms with Crippen molar-refractivity contribution in [1.29, 1.82) is 0 Å². The molecule has 0 aliphatic heterocycles. The first-order valence-electron chi connectivity index (χ1n) is 4.73. The van der Waals surface area contributed by atoms with Gasteiger partial charge in [0.1, 0.15) is 0 Å². The highest BCUT2D eigenvalue weighted by molar-refractivity contribution is 7.10. The molecule has 0 aliphatic rings. The predicted molar refractivity (Wildman–Crippen MR) is 62.7 cm³/mol. The summed E-state index contributed by atoms with van der Waals surface area (Å²) in [5.74, 6) is 0. The molecule has 1 aromatic heterocycles. The highest BCUT2D eigenvalue weighted by Gasteiger charge is 1.92. The molecule has 3 heteroatoms. The van der Waals surface area contributed by atoms with Gasteiger partial charge in [0.25, 0.3) is 0 Å². The third-order valence-corrected chi connectivity index (χ3v) is 2.64. The minimum absolute atomic E-state index is 0.770. The summed E-state index contributed by atoms with van der Waals surface area (Å²) in [5.41, 5.74) is 1.35. The third-order valence-electron chi connectivity index (χ3n) is 1.82.